The van der Waals surface area contributed by atoms with Gasteiger partial charge in [0.2, 0.25) is 5.91 Å². The zero-order valence-electron chi connectivity index (χ0n) is 13.0. The number of nitrogens with zero attached hydrogens (tertiary/aromatic N) is 1. The molecule has 4 nitrogen and oxygen atoms in total. The van der Waals surface area contributed by atoms with Crippen LogP contribution in [0.1, 0.15) is 45.1 Å². The lowest BCUT2D eigenvalue weighted by Crippen LogP contribution is -2.51. The molecule has 1 aliphatic rings. The predicted octanol–water partition coefficient (Wildman–Crippen LogP) is 2.34. The van der Waals surface area contributed by atoms with Gasteiger partial charge in [-0.05, 0) is 61.7 Å². The van der Waals surface area contributed by atoms with Gasteiger partial charge in [-0.25, -0.2) is 0 Å². The lowest BCUT2D eigenvalue weighted by atomic mass is 9.98. The second-order valence-corrected chi connectivity index (χ2v) is 6.83. The van der Waals surface area contributed by atoms with E-state index in [0.29, 0.717) is 0 Å². The van der Waals surface area contributed by atoms with E-state index in [4.69, 9.17) is 0 Å². The number of hydrogen-bond donors (Lipinski definition) is 2. The summed E-state index contributed by atoms with van der Waals surface area (Å²) in [5.74, 6) is 0.0543. The Morgan fingerprint density at radius 2 is 2.38 bits per heavy atom. The summed E-state index contributed by atoms with van der Waals surface area (Å²) in [5.41, 5.74) is -0.137. The molecule has 0 saturated carbocycles. The average Bonchev–Trinajstić information content (AvgIpc) is 3.01. The molecular weight excluding hydrogens is 284 g/mol. The minimum atomic E-state index is -1.00. The summed E-state index contributed by atoms with van der Waals surface area (Å²) < 4.78 is 0. The first-order valence-electron chi connectivity index (χ1n) is 7.81. The first-order valence-corrected chi connectivity index (χ1v) is 8.75. The molecule has 0 aliphatic carbocycles. The molecule has 1 fully saturated rings. The molecule has 2 N–H and O–H groups in total. The quantitative estimate of drug-likeness (QED) is 0.848. The van der Waals surface area contributed by atoms with Crippen molar-refractivity contribution in [2.75, 3.05) is 19.6 Å². The molecule has 1 amide bonds. The maximum atomic E-state index is 12.4. The first-order chi connectivity index (χ1) is 10.0. The first kappa shape index (κ1) is 16.5. The third-order valence-corrected chi connectivity index (χ3v) is 4.86. The Hall–Kier alpha value is -0.910. The van der Waals surface area contributed by atoms with Crippen LogP contribution in [-0.4, -0.2) is 41.6 Å². The van der Waals surface area contributed by atoms with Crippen molar-refractivity contribution in [1.29, 1.82) is 0 Å². The van der Waals surface area contributed by atoms with Crippen LogP contribution in [-0.2, 0) is 10.4 Å². The molecule has 0 aromatic carbocycles. The number of carbonyl (C=O) groups excluding carboxylic acids is 1. The minimum absolute atomic E-state index is 0.0306. The number of thiophene rings is 1. The SMILES string of the molecule is CCCN1CCCC[C@@H]1C(=O)NC[C@@](C)(O)c1ccsc1. The van der Waals surface area contributed by atoms with Crippen molar-refractivity contribution in [2.45, 2.75) is 51.2 Å². The van der Waals surface area contributed by atoms with E-state index in [-0.39, 0.29) is 18.5 Å². The number of nitrogens with one attached hydrogen (secondary N) is 1. The maximum absolute atomic E-state index is 12.4. The second-order valence-electron chi connectivity index (χ2n) is 6.05. The molecule has 1 saturated heterocycles. The second kappa shape index (κ2) is 7.38. The number of rotatable bonds is 6. The Bertz CT molecular complexity index is 443. The Morgan fingerprint density at radius 3 is 3.05 bits per heavy atom. The van der Waals surface area contributed by atoms with E-state index in [1.54, 1.807) is 18.3 Å². The topological polar surface area (TPSA) is 52.6 Å². The predicted molar refractivity (Wildman–Crippen MR) is 86.4 cm³/mol. The third-order valence-electron chi connectivity index (χ3n) is 4.18. The highest BCUT2D eigenvalue weighted by molar-refractivity contribution is 7.08. The number of aliphatic hydroxyl groups is 1. The molecule has 2 rings (SSSR count). The van der Waals surface area contributed by atoms with Gasteiger partial charge in [0.05, 0.1) is 12.6 Å². The molecule has 118 valence electrons. The smallest absolute Gasteiger partial charge is 0.237 e. The van der Waals surface area contributed by atoms with Gasteiger partial charge in [-0.3, -0.25) is 9.69 Å². The third kappa shape index (κ3) is 4.28. The molecule has 5 heteroatoms. The monoisotopic (exact) mass is 310 g/mol. The fourth-order valence-corrected chi connectivity index (χ4v) is 3.68. The molecular formula is C16H26N2O2S. The molecule has 1 aliphatic heterocycles. The van der Waals surface area contributed by atoms with E-state index in [2.05, 4.69) is 17.1 Å². The zero-order valence-corrected chi connectivity index (χ0v) is 13.8. The van der Waals surface area contributed by atoms with Crippen LogP contribution < -0.4 is 5.32 Å². The minimum Gasteiger partial charge on any atom is -0.384 e. The van der Waals surface area contributed by atoms with E-state index in [9.17, 15) is 9.90 Å². The number of amides is 1. The molecule has 0 radical (unpaired) electrons. The van der Waals surface area contributed by atoms with Crippen molar-refractivity contribution in [1.82, 2.24) is 10.2 Å². The van der Waals surface area contributed by atoms with Crippen molar-refractivity contribution in [2.24, 2.45) is 0 Å². The van der Waals surface area contributed by atoms with Gasteiger partial charge < -0.3 is 10.4 Å². The van der Waals surface area contributed by atoms with Gasteiger partial charge in [-0.2, -0.15) is 11.3 Å². The largest absolute Gasteiger partial charge is 0.384 e. The summed E-state index contributed by atoms with van der Waals surface area (Å²) in [6.07, 6.45) is 4.28. The number of hydrogen-bond acceptors (Lipinski definition) is 4. The fourth-order valence-electron chi connectivity index (χ4n) is 2.89. The summed E-state index contributed by atoms with van der Waals surface area (Å²) in [4.78, 5) is 14.7. The van der Waals surface area contributed by atoms with Gasteiger partial charge in [-0.1, -0.05) is 13.3 Å². The van der Waals surface area contributed by atoms with Crippen molar-refractivity contribution < 1.29 is 9.90 Å². The van der Waals surface area contributed by atoms with Gasteiger partial charge in [-0.15, -0.1) is 0 Å². The molecule has 0 bridgehead atoms. The fraction of sp³-hybridized carbons (Fsp3) is 0.688. The van der Waals surface area contributed by atoms with Crippen LogP contribution in [0.5, 0.6) is 0 Å². The van der Waals surface area contributed by atoms with Gasteiger partial charge in [0.1, 0.15) is 5.60 Å². The van der Waals surface area contributed by atoms with E-state index in [1.165, 1.54) is 6.42 Å². The van der Waals surface area contributed by atoms with Crippen molar-refractivity contribution in [3.63, 3.8) is 0 Å². The Kier molecular flexibility index (Phi) is 5.79. The average molecular weight is 310 g/mol. The van der Waals surface area contributed by atoms with Gasteiger partial charge in [0.15, 0.2) is 0 Å². The van der Waals surface area contributed by atoms with Gasteiger partial charge >= 0.3 is 0 Å². The summed E-state index contributed by atoms with van der Waals surface area (Å²) in [5, 5.41) is 17.3. The summed E-state index contributed by atoms with van der Waals surface area (Å²) in [6.45, 7) is 6.13. The molecule has 2 atom stereocenters. The van der Waals surface area contributed by atoms with E-state index >= 15 is 0 Å². The van der Waals surface area contributed by atoms with Crippen LogP contribution in [0.15, 0.2) is 16.8 Å². The molecule has 21 heavy (non-hydrogen) atoms. The van der Waals surface area contributed by atoms with Crippen molar-refractivity contribution >= 4 is 17.2 Å². The maximum Gasteiger partial charge on any atom is 0.237 e. The summed E-state index contributed by atoms with van der Waals surface area (Å²) in [7, 11) is 0. The molecule has 1 aromatic rings. The molecule has 0 spiro atoms. The normalized spacial score (nSPS) is 22.7. The van der Waals surface area contributed by atoms with Crippen LogP contribution in [0.25, 0.3) is 0 Å². The highest BCUT2D eigenvalue weighted by Gasteiger charge is 2.30. The Balaban J connectivity index is 1.91. The highest BCUT2D eigenvalue weighted by atomic mass is 32.1. The van der Waals surface area contributed by atoms with Crippen LogP contribution in [0.4, 0.5) is 0 Å². The van der Waals surface area contributed by atoms with E-state index < -0.39 is 5.60 Å². The number of piperidine rings is 1. The number of likely N-dealkylation sites (tertiary alicyclic amines) is 1. The van der Waals surface area contributed by atoms with E-state index in [1.807, 2.05) is 16.8 Å². The van der Waals surface area contributed by atoms with Gasteiger partial charge in [0, 0.05) is 0 Å². The van der Waals surface area contributed by atoms with E-state index in [0.717, 1.165) is 37.9 Å². The van der Waals surface area contributed by atoms with Crippen LogP contribution in [0.3, 0.4) is 0 Å². The van der Waals surface area contributed by atoms with Crippen LogP contribution in [0, 0.1) is 0 Å². The summed E-state index contributed by atoms with van der Waals surface area (Å²) in [6, 6.07) is 1.87. The molecule has 2 heterocycles. The lowest BCUT2D eigenvalue weighted by Gasteiger charge is -2.35. The molecule has 0 unspecified atom stereocenters. The van der Waals surface area contributed by atoms with Gasteiger partial charge in [0.25, 0.3) is 0 Å². The van der Waals surface area contributed by atoms with Crippen LogP contribution in [0.2, 0.25) is 0 Å². The highest BCUT2D eigenvalue weighted by Crippen LogP contribution is 2.23. The molecule has 1 aromatic heterocycles. The van der Waals surface area contributed by atoms with Crippen molar-refractivity contribution in [3.05, 3.63) is 22.4 Å². The van der Waals surface area contributed by atoms with Crippen LogP contribution >= 0.6 is 11.3 Å². The van der Waals surface area contributed by atoms with Crippen molar-refractivity contribution in [3.8, 4) is 0 Å². The number of carbonyl (C=O) groups is 1. The Morgan fingerprint density at radius 1 is 1.57 bits per heavy atom. The summed E-state index contributed by atoms with van der Waals surface area (Å²) >= 11 is 1.55. The lowest BCUT2D eigenvalue weighted by molar-refractivity contribution is -0.128. The zero-order chi connectivity index (χ0) is 15.3. The standard InChI is InChI=1S/C16H26N2O2S/c1-3-8-18-9-5-4-6-14(18)15(19)17-12-16(2,20)13-7-10-21-11-13/h7,10-11,14,20H,3-6,8-9,12H2,1-2H3,(H,17,19)/t14-,16-/m1/s1. The Labute approximate surface area is 131 Å².